The Morgan fingerprint density at radius 3 is 2.50 bits per heavy atom. The Morgan fingerprint density at radius 1 is 1.25 bits per heavy atom. The number of aromatic nitrogens is 2. The molecular weight excluding hydrogens is 245 g/mol. The van der Waals surface area contributed by atoms with Gasteiger partial charge in [-0.05, 0) is 25.1 Å². The first-order valence-corrected chi connectivity index (χ1v) is 5.59. The molecule has 2 aromatic rings. The Morgan fingerprint density at radius 2 is 1.94 bits per heavy atom. The van der Waals surface area contributed by atoms with Gasteiger partial charge in [0.2, 0.25) is 0 Å². The highest BCUT2D eigenvalue weighted by Gasteiger charge is 1.99. The van der Waals surface area contributed by atoms with E-state index in [0.717, 1.165) is 17.2 Å². The van der Waals surface area contributed by atoms with E-state index in [-0.39, 0.29) is 0 Å². The van der Waals surface area contributed by atoms with Crippen molar-refractivity contribution in [2.75, 3.05) is 5.32 Å². The molecule has 0 saturated carbocycles. The second kappa shape index (κ2) is 4.76. The van der Waals surface area contributed by atoms with Crippen LogP contribution in [0.1, 0.15) is 11.5 Å². The normalized spacial score (nSPS) is 10.4. The molecule has 2 rings (SSSR count). The number of hydrogen-bond acceptors (Lipinski definition) is 2. The van der Waals surface area contributed by atoms with Crippen LogP contribution in [0.4, 0.5) is 5.69 Å². The number of aromatic amines is 1. The van der Waals surface area contributed by atoms with Crippen LogP contribution in [-0.4, -0.2) is 9.97 Å². The van der Waals surface area contributed by atoms with Gasteiger partial charge in [-0.2, -0.15) is 0 Å². The van der Waals surface area contributed by atoms with E-state index in [9.17, 15) is 0 Å². The summed E-state index contributed by atoms with van der Waals surface area (Å²) in [6.07, 6.45) is 1.80. The summed E-state index contributed by atoms with van der Waals surface area (Å²) in [5.41, 5.74) is 1.92. The second-order valence-electron chi connectivity index (χ2n) is 3.51. The minimum absolute atomic E-state index is 0.621. The lowest BCUT2D eigenvalue weighted by Crippen LogP contribution is -1.99. The summed E-state index contributed by atoms with van der Waals surface area (Å²) in [5.74, 6) is 0.904. The molecule has 0 bridgehead atoms. The molecule has 1 aromatic heterocycles. The van der Waals surface area contributed by atoms with E-state index >= 15 is 0 Å². The first-order valence-electron chi connectivity index (χ1n) is 4.84. The first kappa shape index (κ1) is 11.3. The summed E-state index contributed by atoms with van der Waals surface area (Å²) < 4.78 is 0. The topological polar surface area (TPSA) is 40.7 Å². The van der Waals surface area contributed by atoms with Crippen molar-refractivity contribution in [2.24, 2.45) is 0 Å². The zero-order chi connectivity index (χ0) is 11.5. The monoisotopic (exact) mass is 255 g/mol. The van der Waals surface area contributed by atoms with Crippen molar-refractivity contribution >= 4 is 28.9 Å². The van der Waals surface area contributed by atoms with Gasteiger partial charge < -0.3 is 10.3 Å². The maximum Gasteiger partial charge on any atom is 0.103 e. The fourth-order valence-corrected chi connectivity index (χ4v) is 1.94. The Labute approximate surface area is 104 Å². The number of nitrogens with zero attached hydrogens (tertiary/aromatic N) is 1. The lowest BCUT2D eigenvalue weighted by molar-refractivity contribution is 1.05. The number of imidazole rings is 1. The molecule has 3 nitrogen and oxygen atoms in total. The number of aryl methyl sites for hydroxylation is 1. The largest absolute Gasteiger partial charge is 0.379 e. The molecule has 0 aliphatic rings. The van der Waals surface area contributed by atoms with Crippen LogP contribution in [0.2, 0.25) is 10.0 Å². The van der Waals surface area contributed by atoms with Crippen molar-refractivity contribution in [1.82, 2.24) is 9.97 Å². The predicted molar refractivity (Wildman–Crippen MR) is 67.1 cm³/mol. The third-order valence-electron chi connectivity index (χ3n) is 2.10. The average Bonchev–Trinajstić information content (AvgIpc) is 2.60. The maximum absolute atomic E-state index is 5.89. The maximum atomic E-state index is 5.89. The third kappa shape index (κ3) is 2.90. The van der Waals surface area contributed by atoms with E-state index in [2.05, 4.69) is 15.3 Å². The van der Waals surface area contributed by atoms with Crippen LogP contribution in [0.15, 0.2) is 24.4 Å². The highest BCUT2D eigenvalue weighted by atomic mass is 35.5. The molecule has 0 aliphatic heterocycles. The SMILES string of the molecule is Cc1ncc(CNc2cc(Cl)cc(Cl)c2)[nH]1. The van der Waals surface area contributed by atoms with Crippen molar-refractivity contribution in [3.63, 3.8) is 0 Å². The molecule has 0 amide bonds. The van der Waals surface area contributed by atoms with Crippen LogP contribution in [0.5, 0.6) is 0 Å². The van der Waals surface area contributed by atoms with Crippen LogP contribution >= 0.6 is 23.2 Å². The Bertz CT molecular complexity index is 473. The molecule has 0 unspecified atom stereocenters. The summed E-state index contributed by atoms with van der Waals surface area (Å²) >= 11 is 11.8. The number of halogens is 2. The van der Waals surface area contributed by atoms with Crippen molar-refractivity contribution < 1.29 is 0 Å². The van der Waals surface area contributed by atoms with E-state index in [1.54, 1.807) is 12.3 Å². The van der Waals surface area contributed by atoms with Gasteiger partial charge in [-0.15, -0.1) is 0 Å². The van der Waals surface area contributed by atoms with Crippen LogP contribution in [0.25, 0.3) is 0 Å². The molecule has 0 aliphatic carbocycles. The number of benzene rings is 1. The molecule has 0 radical (unpaired) electrons. The minimum atomic E-state index is 0.621. The summed E-state index contributed by atoms with van der Waals surface area (Å²) in [5, 5.41) is 4.46. The number of anilines is 1. The number of H-pyrrole nitrogens is 1. The first-order chi connectivity index (χ1) is 7.63. The Kier molecular flexibility index (Phi) is 3.36. The zero-order valence-corrected chi connectivity index (χ0v) is 10.2. The van der Waals surface area contributed by atoms with Gasteiger partial charge >= 0.3 is 0 Å². The summed E-state index contributed by atoms with van der Waals surface area (Å²) in [4.78, 5) is 7.25. The van der Waals surface area contributed by atoms with Crippen molar-refractivity contribution in [3.8, 4) is 0 Å². The predicted octanol–water partition coefficient (Wildman–Crippen LogP) is 3.64. The molecular formula is C11H11Cl2N3. The summed E-state index contributed by atoms with van der Waals surface area (Å²) in [7, 11) is 0. The fourth-order valence-electron chi connectivity index (χ4n) is 1.41. The second-order valence-corrected chi connectivity index (χ2v) is 4.38. The summed E-state index contributed by atoms with van der Waals surface area (Å²) in [6.45, 7) is 2.58. The van der Waals surface area contributed by atoms with E-state index < -0.39 is 0 Å². The standard InChI is InChI=1S/C11H11Cl2N3/c1-7-14-5-11(16-7)6-15-10-3-8(12)2-9(13)4-10/h2-5,15H,6H2,1H3,(H,14,16). The molecule has 84 valence electrons. The van der Waals surface area contributed by atoms with E-state index in [1.807, 2.05) is 19.1 Å². The van der Waals surface area contributed by atoms with Crippen LogP contribution in [-0.2, 0) is 6.54 Å². The molecule has 1 aromatic carbocycles. The molecule has 2 N–H and O–H groups in total. The van der Waals surface area contributed by atoms with Gasteiger partial charge in [-0.25, -0.2) is 4.98 Å². The van der Waals surface area contributed by atoms with Gasteiger partial charge in [-0.1, -0.05) is 23.2 Å². The molecule has 0 saturated heterocycles. The number of nitrogens with one attached hydrogen (secondary N) is 2. The smallest absolute Gasteiger partial charge is 0.103 e. The Balaban J connectivity index is 2.04. The van der Waals surface area contributed by atoms with Gasteiger partial charge in [0.25, 0.3) is 0 Å². The summed E-state index contributed by atoms with van der Waals surface area (Å²) in [6, 6.07) is 5.36. The van der Waals surface area contributed by atoms with Crippen LogP contribution < -0.4 is 5.32 Å². The molecule has 16 heavy (non-hydrogen) atoms. The highest BCUT2D eigenvalue weighted by Crippen LogP contribution is 2.22. The highest BCUT2D eigenvalue weighted by molar-refractivity contribution is 6.35. The van der Waals surface area contributed by atoms with E-state index in [1.165, 1.54) is 0 Å². The molecule has 0 fully saturated rings. The minimum Gasteiger partial charge on any atom is -0.379 e. The van der Waals surface area contributed by atoms with Gasteiger partial charge in [0, 0.05) is 15.7 Å². The lowest BCUT2D eigenvalue weighted by atomic mass is 10.3. The van der Waals surface area contributed by atoms with Crippen molar-refractivity contribution in [3.05, 3.63) is 46.0 Å². The van der Waals surface area contributed by atoms with Crippen molar-refractivity contribution in [1.29, 1.82) is 0 Å². The number of rotatable bonds is 3. The van der Waals surface area contributed by atoms with Crippen LogP contribution in [0, 0.1) is 6.92 Å². The van der Waals surface area contributed by atoms with Crippen molar-refractivity contribution in [2.45, 2.75) is 13.5 Å². The van der Waals surface area contributed by atoms with Gasteiger partial charge in [0.15, 0.2) is 0 Å². The van der Waals surface area contributed by atoms with Gasteiger partial charge in [-0.3, -0.25) is 0 Å². The molecule has 1 heterocycles. The van der Waals surface area contributed by atoms with Gasteiger partial charge in [0.05, 0.1) is 18.4 Å². The van der Waals surface area contributed by atoms with E-state index in [0.29, 0.717) is 16.6 Å². The molecule has 0 spiro atoms. The Hall–Kier alpha value is -1.19. The van der Waals surface area contributed by atoms with E-state index in [4.69, 9.17) is 23.2 Å². The zero-order valence-electron chi connectivity index (χ0n) is 8.72. The number of hydrogen-bond donors (Lipinski definition) is 2. The molecule has 5 heteroatoms. The van der Waals surface area contributed by atoms with Crippen LogP contribution in [0.3, 0.4) is 0 Å². The quantitative estimate of drug-likeness (QED) is 0.880. The average molecular weight is 256 g/mol. The van der Waals surface area contributed by atoms with Gasteiger partial charge in [0.1, 0.15) is 5.82 Å². The lowest BCUT2D eigenvalue weighted by Gasteiger charge is -2.05. The fraction of sp³-hybridized carbons (Fsp3) is 0.182. The third-order valence-corrected chi connectivity index (χ3v) is 2.54. The molecule has 0 atom stereocenters.